The third-order valence-corrected chi connectivity index (χ3v) is 4.90. The first kappa shape index (κ1) is 12.5. The zero-order chi connectivity index (χ0) is 14.6. The fourth-order valence-electron chi connectivity index (χ4n) is 4.01. The van der Waals surface area contributed by atoms with Crippen molar-refractivity contribution in [2.24, 2.45) is 5.92 Å². The van der Waals surface area contributed by atoms with Crippen LogP contribution in [0, 0.1) is 12.8 Å². The van der Waals surface area contributed by atoms with Gasteiger partial charge in [-0.15, -0.1) is 0 Å². The van der Waals surface area contributed by atoms with Gasteiger partial charge in [-0.2, -0.15) is 0 Å². The third-order valence-electron chi connectivity index (χ3n) is 4.90. The van der Waals surface area contributed by atoms with Crippen molar-refractivity contribution in [1.29, 1.82) is 0 Å². The lowest BCUT2D eigenvalue weighted by atomic mass is 9.64. The van der Waals surface area contributed by atoms with Gasteiger partial charge in [-0.25, -0.2) is 0 Å². The Morgan fingerprint density at radius 2 is 1.52 bits per heavy atom. The summed E-state index contributed by atoms with van der Waals surface area (Å²) >= 11 is 0. The molecular formula is C19H16O2. The first-order valence-corrected chi connectivity index (χ1v) is 7.41. The van der Waals surface area contributed by atoms with E-state index in [-0.39, 0.29) is 23.4 Å². The van der Waals surface area contributed by atoms with Gasteiger partial charge in [0.2, 0.25) is 0 Å². The van der Waals surface area contributed by atoms with Crippen LogP contribution in [0.25, 0.3) is 0 Å². The number of hydrogen-bond acceptors (Lipinski definition) is 2. The van der Waals surface area contributed by atoms with Crippen LogP contribution in [0.2, 0.25) is 0 Å². The average molecular weight is 276 g/mol. The van der Waals surface area contributed by atoms with Crippen LogP contribution in [0.15, 0.2) is 42.5 Å². The summed E-state index contributed by atoms with van der Waals surface area (Å²) < 4.78 is 0. The van der Waals surface area contributed by atoms with Crippen LogP contribution in [-0.2, 0) is 0 Å². The van der Waals surface area contributed by atoms with Crippen molar-refractivity contribution in [2.45, 2.75) is 25.7 Å². The maximum absolute atomic E-state index is 12.4. The lowest BCUT2D eigenvalue weighted by Crippen LogP contribution is -2.33. The summed E-state index contributed by atoms with van der Waals surface area (Å²) in [5.74, 6) is 0.667. The van der Waals surface area contributed by atoms with Gasteiger partial charge in [0.1, 0.15) is 0 Å². The number of ketones is 2. The van der Waals surface area contributed by atoms with Gasteiger partial charge in [-0.1, -0.05) is 42.5 Å². The highest BCUT2D eigenvalue weighted by atomic mass is 16.1. The number of aryl methyl sites for hydroxylation is 1. The average Bonchev–Trinajstić information content (AvgIpc) is 2.48. The molecule has 2 atom stereocenters. The Balaban J connectivity index is 2.01. The van der Waals surface area contributed by atoms with Crippen LogP contribution in [0.1, 0.15) is 56.2 Å². The van der Waals surface area contributed by atoms with Crippen LogP contribution in [-0.4, -0.2) is 11.6 Å². The Bertz CT molecular complexity index is 773. The van der Waals surface area contributed by atoms with E-state index in [1.807, 2.05) is 30.3 Å². The van der Waals surface area contributed by atoms with Crippen LogP contribution >= 0.6 is 0 Å². The first-order chi connectivity index (χ1) is 10.2. The molecule has 0 N–H and O–H groups in total. The van der Waals surface area contributed by atoms with E-state index in [2.05, 4.69) is 19.1 Å². The number of rotatable bonds is 0. The van der Waals surface area contributed by atoms with Crippen molar-refractivity contribution in [3.05, 3.63) is 70.3 Å². The highest BCUT2D eigenvalue weighted by Gasteiger charge is 2.41. The smallest absolute Gasteiger partial charge is 0.163 e. The quantitative estimate of drug-likeness (QED) is 0.731. The number of carbonyl (C=O) groups is 2. The molecule has 104 valence electrons. The van der Waals surface area contributed by atoms with E-state index < -0.39 is 0 Å². The molecule has 2 aromatic rings. The second-order valence-corrected chi connectivity index (χ2v) is 6.12. The van der Waals surface area contributed by atoms with Crippen molar-refractivity contribution >= 4 is 11.6 Å². The minimum absolute atomic E-state index is 0.119. The van der Waals surface area contributed by atoms with E-state index in [0.29, 0.717) is 12.8 Å². The summed E-state index contributed by atoms with van der Waals surface area (Å²) in [6.45, 7) is 2.06. The van der Waals surface area contributed by atoms with Gasteiger partial charge >= 0.3 is 0 Å². The van der Waals surface area contributed by atoms with Crippen molar-refractivity contribution in [1.82, 2.24) is 0 Å². The minimum Gasteiger partial charge on any atom is -0.294 e. The van der Waals surface area contributed by atoms with Gasteiger partial charge < -0.3 is 0 Å². The highest BCUT2D eigenvalue weighted by Crippen LogP contribution is 2.47. The molecular weight excluding hydrogens is 260 g/mol. The molecule has 0 saturated heterocycles. The molecule has 0 fully saturated rings. The molecule has 0 amide bonds. The molecule has 0 spiro atoms. The molecule has 0 radical (unpaired) electrons. The maximum Gasteiger partial charge on any atom is 0.163 e. The van der Waals surface area contributed by atoms with Crippen molar-refractivity contribution in [3.8, 4) is 0 Å². The van der Waals surface area contributed by atoms with Crippen LogP contribution in [0.4, 0.5) is 0 Å². The molecule has 0 heterocycles. The molecule has 2 heteroatoms. The Hall–Kier alpha value is -2.22. The summed E-state index contributed by atoms with van der Waals surface area (Å²) in [5, 5.41) is 0. The van der Waals surface area contributed by atoms with Crippen molar-refractivity contribution < 1.29 is 9.59 Å². The lowest BCUT2D eigenvalue weighted by Gasteiger charge is -2.38. The number of fused-ring (bicyclic) bond motifs is 5. The summed E-state index contributed by atoms with van der Waals surface area (Å²) in [5.41, 5.74) is 5.07. The number of Topliss-reactive ketones (excluding diaryl/α,β-unsaturated/α-hetero) is 2. The standard InChI is InChI=1S/C19H16O2/c1-11-5-4-8-15-17(21)10-12-9-16(20)13-6-2-3-7-14(13)19(12)18(11)15/h2-8,12,19H,9-10H2,1H3/t12-,19-/m1/s1. The van der Waals surface area contributed by atoms with E-state index in [1.165, 1.54) is 0 Å². The maximum atomic E-state index is 12.4. The predicted octanol–water partition coefficient (Wildman–Crippen LogP) is 3.92. The Morgan fingerprint density at radius 3 is 2.33 bits per heavy atom. The first-order valence-electron chi connectivity index (χ1n) is 7.41. The van der Waals surface area contributed by atoms with Gasteiger partial charge in [-0.05, 0) is 29.5 Å². The third kappa shape index (κ3) is 1.72. The van der Waals surface area contributed by atoms with Gasteiger partial charge in [0.25, 0.3) is 0 Å². The molecule has 2 aromatic carbocycles. The molecule has 0 bridgehead atoms. The molecule has 2 aliphatic carbocycles. The summed E-state index contributed by atoms with van der Waals surface area (Å²) in [6.07, 6.45) is 0.975. The zero-order valence-electron chi connectivity index (χ0n) is 11.9. The second kappa shape index (κ2) is 4.39. The van der Waals surface area contributed by atoms with Gasteiger partial charge in [0.05, 0.1) is 0 Å². The van der Waals surface area contributed by atoms with Crippen molar-refractivity contribution in [3.63, 3.8) is 0 Å². The van der Waals surface area contributed by atoms with Gasteiger partial charge in [0, 0.05) is 29.9 Å². The molecule has 0 aliphatic heterocycles. The van der Waals surface area contributed by atoms with E-state index in [9.17, 15) is 9.59 Å². The number of benzene rings is 2. The van der Waals surface area contributed by atoms with Crippen LogP contribution in [0.3, 0.4) is 0 Å². The lowest BCUT2D eigenvalue weighted by molar-refractivity contribution is 0.0884. The van der Waals surface area contributed by atoms with Crippen LogP contribution in [0.5, 0.6) is 0 Å². The normalized spacial score (nSPS) is 23.3. The minimum atomic E-state index is 0.119. The summed E-state index contributed by atoms with van der Waals surface area (Å²) in [6, 6.07) is 13.8. The van der Waals surface area contributed by atoms with E-state index >= 15 is 0 Å². The fourth-order valence-corrected chi connectivity index (χ4v) is 4.01. The summed E-state index contributed by atoms with van der Waals surface area (Å²) in [7, 11) is 0. The number of hydrogen-bond donors (Lipinski definition) is 0. The van der Waals surface area contributed by atoms with E-state index in [0.717, 1.165) is 27.8 Å². The molecule has 21 heavy (non-hydrogen) atoms. The zero-order valence-corrected chi connectivity index (χ0v) is 11.9. The van der Waals surface area contributed by atoms with E-state index in [1.54, 1.807) is 0 Å². The number of carbonyl (C=O) groups excluding carboxylic acids is 2. The largest absolute Gasteiger partial charge is 0.294 e. The topological polar surface area (TPSA) is 34.1 Å². The molecule has 0 aromatic heterocycles. The Kier molecular flexibility index (Phi) is 2.61. The van der Waals surface area contributed by atoms with Crippen molar-refractivity contribution in [2.75, 3.05) is 0 Å². The highest BCUT2D eigenvalue weighted by molar-refractivity contribution is 6.04. The fraction of sp³-hybridized carbons (Fsp3) is 0.263. The summed E-state index contributed by atoms with van der Waals surface area (Å²) in [4.78, 5) is 24.7. The predicted molar refractivity (Wildman–Crippen MR) is 80.8 cm³/mol. The molecule has 0 unspecified atom stereocenters. The van der Waals surface area contributed by atoms with Gasteiger partial charge in [-0.3, -0.25) is 9.59 Å². The van der Waals surface area contributed by atoms with Crippen LogP contribution < -0.4 is 0 Å². The second-order valence-electron chi connectivity index (χ2n) is 6.12. The molecule has 2 nitrogen and oxygen atoms in total. The monoisotopic (exact) mass is 276 g/mol. The molecule has 0 saturated carbocycles. The SMILES string of the molecule is Cc1cccc2c1[C@H]1c3ccccc3C(=O)C[C@@H]1CC2=O. The molecule has 2 aliphatic rings. The Morgan fingerprint density at radius 1 is 0.857 bits per heavy atom. The Labute approximate surface area is 123 Å². The molecule has 4 rings (SSSR count). The van der Waals surface area contributed by atoms with E-state index in [4.69, 9.17) is 0 Å². The van der Waals surface area contributed by atoms with Gasteiger partial charge in [0.15, 0.2) is 11.6 Å².